The first-order valence-corrected chi connectivity index (χ1v) is 10.6. The number of anilines is 2. The van der Waals surface area contributed by atoms with E-state index in [0.717, 1.165) is 28.1 Å². The van der Waals surface area contributed by atoms with Gasteiger partial charge in [-0.2, -0.15) is 5.10 Å². The fourth-order valence-corrected chi connectivity index (χ4v) is 3.75. The lowest BCUT2D eigenvalue weighted by Crippen LogP contribution is -2.21. The van der Waals surface area contributed by atoms with Crippen LogP contribution in [0, 0.1) is 13.8 Å². The van der Waals surface area contributed by atoms with Gasteiger partial charge in [0, 0.05) is 47.5 Å². The normalized spacial score (nSPS) is 14.9. The Morgan fingerprint density at radius 3 is 2.72 bits per heavy atom. The zero-order valence-corrected chi connectivity index (χ0v) is 19.0. The quantitative estimate of drug-likeness (QED) is 0.510. The standard InChI is InChI=1S/C24H28N6O2/c1-14-6-8-25-12-18(14)19-11-17-20(13-26-19)28-23(31)22(17)16(3)27-21-10-15(2)30(29-21)9-7-24(4,5)32/h6,8,10-13,32H,7,9H2,1-5H3,(H,27,29)(H,28,31). The first-order chi connectivity index (χ1) is 15.1. The molecule has 32 heavy (non-hydrogen) atoms. The molecule has 0 saturated carbocycles. The van der Waals surface area contributed by atoms with Crippen LogP contribution in [0.4, 0.5) is 11.5 Å². The number of nitrogens with zero attached hydrogens (tertiary/aromatic N) is 4. The number of aromatic nitrogens is 4. The summed E-state index contributed by atoms with van der Waals surface area (Å²) >= 11 is 0. The van der Waals surface area contributed by atoms with Crippen LogP contribution < -0.4 is 10.6 Å². The highest BCUT2D eigenvalue weighted by molar-refractivity contribution is 6.32. The third-order valence-corrected chi connectivity index (χ3v) is 5.57. The zero-order valence-electron chi connectivity index (χ0n) is 19.0. The molecule has 4 heterocycles. The lowest BCUT2D eigenvalue weighted by atomic mass is 10.0. The minimum atomic E-state index is -0.756. The van der Waals surface area contributed by atoms with Crippen molar-refractivity contribution >= 4 is 23.0 Å². The second-order valence-corrected chi connectivity index (χ2v) is 8.84. The van der Waals surface area contributed by atoms with Crippen molar-refractivity contribution in [1.29, 1.82) is 0 Å². The molecule has 4 rings (SSSR count). The summed E-state index contributed by atoms with van der Waals surface area (Å²) in [5, 5.41) is 20.8. The Hall–Kier alpha value is -3.52. The molecule has 0 unspecified atom stereocenters. The number of carbonyl (C=O) groups excluding carboxylic acids is 1. The molecule has 0 bridgehead atoms. The summed E-state index contributed by atoms with van der Waals surface area (Å²) in [6.45, 7) is 10.0. The number of pyridine rings is 2. The average Bonchev–Trinajstić information content (AvgIpc) is 3.23. The molecular weight excluding hydrogens is 404 g/mol. The van der Waals surface area contributed by atoms with Crippen molar-refractivity contribution in [2.24, 2.45) is 0 Å². The van der Waals surface area contributed by atoms with Crippen LogP contribution in [-0.4, -0.2) is 36.4 Å². The van der Waals surface area contributed by atoms with Crippen LogP contribution >= 0.6 is 0 Å². The van der Waals surface area contributed by atoms with E-state index in [0.29, 0.717) is 35.7 Å². The Morgan fingerprint density at radius 2 is 2.00 bits per heavy atom. The highest BCUT2D eigenvalue weighted by Crippen LogP contribution is 2.36. The largest absolute Gasteiger partial charge is 0.390 e. The van der Waals surface area contributed by atoms with Crippen molar-refractivity contribution < 1.29 is 9.90 Å². The predicted octanol–water partition coefficient (Wildman–Crippen LogP) is 3.91. The van der Waals surface area contributed by atoms with Gasteiger partial charge in [0.05, 0.1) is 28.8 Å². The maximum atomic E-state index is 12.8. The molecule has 0 aromatic carbocycles. The average molecular weight is 433 g/mol. The Bertz CT molecular complexity index is 1220. The second-order valence-electron chi connectivity index (χ2n) is 8.84. The number of amides is 1. The van der Waals surface area contributed by atoms with Gasteiger partial charge in [-0.15, -0.1) is 0 Å². The molecule has 1 amide bonds. The van der Waals surface area contributed by atoms with Gasteiger partial charge in [0.15, 0.2) is 5.82 Å². The van der Waals surface area contributed by atoms with Crippen LogP contribution in [0.1, 0.15) is 44.0 Å². The van der Waals surface area contributed by atoms with Crippen LogP contribution in [0.5, 0.6) is 0 Å². The lowest BCUT2D eigenvalue weighted by molar-refractivity contribution is -0.110. The van der Waals surface area contributed by atoms with Gasteiger partial charge in [0.25, 0.3) is 5.91 Å². The lowest BCUT2D eigenvalue weighted by Gasteiger charge is -2.17. The summed E-state index contributed by atoms with van der Waals surface area (Å²) in [5.74, 6) is 0.479. The topological polar surface area (TPSA) is 105 Å². The third kappa shape index (κ3) is 4.40. The zero-order chi connectivity index (χ0) is 23.0. The van der Waals surface area contributed by atoms with Crippen molar-refractivity contribution in [1.82, 2.24) is 19.7 Å². The molecule has 0 radical (unpaired) electrons. The van der Waals surface area contributed by atoms with Gasteiger partial charge in [-0.3, -0.25) is 19.4 Å². The van der Waals surface area contributed by atoms with Gasteiger partial charge in [0.1, 0.15) is 0 Å². The second kappa shape index (κ2) is 8.20. The first kappa shape index (κ1) is 21.7. The van der Waals surface area contributed by atoms with Gasteiger partial charge >= 0.3 is 0 Å². The van der Waals surface area contributed by atoms with E-state index in [1.807, 2.05) is 43.7 Å². The molecule has 3 aromatic heterocycles. The number of hydrogen-bond acceptors (Lipinski definition) is 6. The molecule has 0 fully saturated rings. The number of nitrogens with one attached hydrogen (secondary N) is 2. The van der Waals surface area contributed by atoms with Gasteiger partial charge < -0.3 is 15.7 Å². The summed E-state index contributed by atoms with van der Waals surface area (Å²) in [7, 11) is 0. The molecule has 1 aliphatic heterocycles. The third-order valence-electron chi connectivity index (χ3n) is 5.57. The molecule has 0 atom stereocenters. The van der Waals surface area contributed by atoms with E-state index in [2.05, 4.69) is 25.7 Å². The SMILES string of the molecule is CC(Nc1cc(C)n(CCC(C)(C)O)n1)=C1C(=O)Nc2cnc(-c3cnccc3C)cc21. The van der Waals surface area contributed by atoms with E-state index in [-0.39, 0.29) is 5.91 Å². The van der Waals surface area contributed by atoms with Crippen LogP contribution in [0.15, 0.2) is 42.5 Å². The highest BCUT2D eigenvalue weighted by Gasteiger charge is 2.28. The fraction of sp³-hybridized carbons (Fsp3) is 0.333. The predicted molar refractivity (Wildman–Crippen MR) is 125 cm³/mol. The van der Waals surface area contributed by atoms with E-state index >= 15 is 0 Å². The number of allylic oxidation sites excluding steroid dienone is 1. The molecule has 3 aromatic rings. The molecular formula is C24H28N6O2. The number of fused-ring (bicyclic) bond motifs is 1. The van der Waals surface area contributed by atoms with Crippen molar-refractivity contribution in [2.75, 3.05) is 10.6 Å². The van der Waals surface area contributed by atoms with E-state index in [9.17, 15) is 9.90 Å². The molecule has 8 heteroatoms. The smallest absolute Gasteiger partial charge is 0.258 e. The van der Waals surface area contributed by atoms with Gasteiger partial charge in [0.2, 0.25) is 0 Å². The minimum Gasteiger partial charge on any atom is -0.390 e. The molecule has 3 N–H and O–H groups in total. The number of carbonyl (C=O) groups is 1. The maximum absolute atomic E-state index is 12.8. The van der Waals surface area contributed by atoms with Crippen LogP contribution in [-0.2, 0) is 11.3 Å². The fourth-order valence-electron chi connectivity index (χ4n) is 3.75. The summed E-state index contributed by atoms with van der Waals surface area (Å²) < 4.78 is 1.86. The summed E-state index contributed by atoms with van der Waals surface area (Å²) in [5.41, 5.74) is 5.73. The number of hydrogen-bond donors (Lipinski definition) is 3. The van der Waals surface area contributed by atoms with Gasteiger partial charge in [-0.05, 0) is 58.7 Å². The van der Waals surface area contributed by atoms with Crippen LogP contribution in [0.25, 0.3) is 16.8 Å². The summed E-state index contributed by atoms with van der Waals surface area (Å²) in [4.78, 5) is 21.5. The van der Waals surface area contributed by atoms with Crippen LogP contribution in [0.3, 0.4) is 0 Å². The van der Waals surface area contributed by atoms with Gasteiger partial charge in [-0.1, -0.05) is 0 Å². The van der Waals surface area contributed by atoms with Crippen molar-refractivity contribution in [3.8, 4) is 11.3 Å². The molecule has 1 aliphatic rings. The minimum absolute atomic E-state index is 0.176. The number of aryl methyl sites for hydroxylation is 3. The molecule has 0 spiro atoms. The van der Waals surface area contributed by atoms with E-state index < -0.39 is 5.60 Å². The van der Waals surface area contributed by atoms with Crippen LogP contribution in [0.2, 0.25) is 0 Å². The molecule has 0 saturated heterocycles. The Labute approximate surface area is 187 Å². The Balaban J connectivity index is 1.64. The first-order valence-electron chi connectivity index (χ1n) is 10.6. The summed E-state index contributed by atoms with van der Waals surface area (Å²) in [6, 6.07) is 5.79. The number of aliphatic hydroxyl groups is 1. The monoisotopic (exact) mass is 432 g/mol. The van der Waals surface area contributed by atoms with Crippen molar-refractivity contribution in [3.63, 3.8) is 0 Å². The maximum Gasteiger partial charge on any atom is 0.258 e. The molecule has 8 nitrogen and oxygen atoms in total. The van der Waals surface area contributed by atoms with E-state index in [4.69, 9.17) is 0 Å². The van der Waals surface area contributed by atoms with E-state index in [1.54, 1.807) is 32.4 Å². The Kier molecular flexibility index (Phi) is 5.56. The molecule has 166 valence electrons. The number of rotatable bonds is 6. The van der Waals surface area contributed by atoms with Gasteiger partial charge in [-0.25, -0.2) is 0 Å². The molecule has 0 aliphatic carbocycles. The van der Waals surface area contributed by atoms with Crippen molar-refractivity contribution in [3.05, 3.63) is 59.3 Å². The van der Waals surface area contributed by atoms with Crippen molar-refractivity contribution in [2.45, 2.75) is 53.2 Å². The van der Waals surface area contributed by atoms with E-state index in [1.165, 1.54) is 0 Å². The Morgan fingerprint density at radius 1 is 1.22 bits per heavy atom. The summed E-state index contributed by atoms with van der Waals surface area (Å²) in [6.07, 6.45) is 5.81. The highest BCUT2D eigenvalue weighted by atomic mass is 16.3.